The monoisotopic (exact) mass is 215 g/mol. The molecule has 1 aromatic carbocycles. The Labute approximate surface area is 94.1 Å². The fourth-order valence-corrected chi connectivity index (χ4v) is 2.70. The largest absolute Gasteiger partial charge is 0.308 e. The summed E-state index contributed by atoms with van der Waals surface area (Å²) in [6, 6.07) is 5.98. The number of carbonyl (C=O) groups is 2. The molecule has 1 amide bonds. The zero-order valence-corrected chi connectivity index (χ0v) is 9.19. The lowest BCUT2D eigenvalue weighted by Gasteiger charge is -2.39. The van der Waals surface area contributed by atoms with Gasteiger partial charge in [0.05, 0.1) is 12.1 Å². The molecule has 2 heterocycles. The summed E-state index contributed by atoms with van der Waals surface area (Å²) in [6.07, 6.45) is 1.97. The number of nitrogens with zero attached hydrogens (tertiary/aromatic N) is 1. The molecule has 1 atom stereocenters. The number of ketones is 1. The molecule has 0 aliphatic carbocycles. The van der Waals surface area contributed by atoms with Crippen LogP contribution in [0.5, 0.6) is 0 Å². The summed E-state index contributed by atoms with van der Waals surface area (Å²) in [5, 5.41) is 0. The Morgan fingerprint density at radius 2 is 2.12 bits per heavy atom. The van der Waals surface area contributed by atoms with Crippen LogP contribution in [0.2, 0.25) is 0 Å². The minimum Gasteiger partial charge on any atom is -0.308 e. The third kappa shape index (κ3) is 1.14. The first-order valence-corrected chi connectivity index (χ1v) is 5.65. The zero-order valence-electron chi connectivity index (χ0n) is 9.19. The summed E-state index contributed by atoms with van der Waals surface area (Å²) in [5.41, 5.74) is 2.74. The molecule has 0 fully saturated rings. The SMILES string of the molecule is CC1CCc2cccc3c2N1C(=O)CC3=O. The second-order valence-electron chi connectivity index (χ2n) is 4.56. The molecular weight excluding hydrogens is 202 g/mol. The van der Waals surface area contributed by atoms with Crippen LogP contribution in [0.15, 0.2) is 18.2 Å². The van der Waals surface area contributed by atoms with Gasteiger partial charge in [-0.1, -0.05) is 12.1 Å². The van der Waals surface area contributed by atoms with Gasteiger partial charge in [-0.3, -0.25) is 9.59 Å². The number of para-hydroxylation sites is 1. The number of rotatable bonds is 0. The topological polar surface area (TPSA) is 37.4 Å². The fraction of sp³-hybridized carbons (Fsp3) is 0.385. The molecule has 2 aliphatic rings. The Morgan fingerprint density at radius 3 is 2.94 bits per heavy atom. The molecule has 0 aromatic heterocycles. The minimum absolute atomic E-state index is 0.0286. The van der Waals surface area contributed by atoms with E-state index < -0.39 is 0 Å². The first-order valence-electron chi connectivity index (χ1n) is 5.65. The van der Waals surface area contributed by atoms with E-state index in [1.54, 1.807) is 0 Å². The Kier molecular flexibility index (Phi) is 1.90. The predicted octanol–water partition coefficient (Wildman–Crippen LogP) is 1.94. The van der Waals surface area contributed by atoms with E-state index in [1.807, 2.05) is 30.0 Å². The van der Waals surface area contributed by atoms with Crippen molar-refractivity contribution < 1.29 is 9.59 Å². The number of hydrogen-bond donors (Lipinski definition) is 0. The van der Waals surface area contributed by atoms with Gasteiger partial charge in [0, 0.05) is 11.6 Å². The van der Waals surface area contributed by atoms with Crippen LogP contribution in [0.25, 0.3) is 0 Å². The lowest BCUT2D eigenvalue weighted by atomic mass is 9.88. The molecule has 0 bridgehead atoms. The number of aryl methyl sites for hydroxylation is 1. The van der Waals surface area contributed by atoms with Crippen molar-refractivity contribution in [3.8, 4) is 0 Å². The van der Waals surface area contributed by atoms with E-state index in [2.05, 4.69) is 0 Å². The number of amides is 1. The molecule has 3 rings (SSSR count). The van der Waals surface area contributed by atoms with Gasteiger partial charge < -0.3 is 4.90 Å². The van der Waals surface area contributed by atoms with Gasteiger partial charge in [0.2, 0.25) is 5.91 Å². The highest BCUT2D eigenvalue weighted by Crippen LogP contribution is 2.37. The molecule has 0 spiro atoms. The van der Waals surface area contributed by atoms with Crippen molar-refractivity contribution in [2.45, 2.75) is 32.2 Å². The van der Waals surface area contributed by atoms with Crippen LogP contribution in [0.3, 0.4) is 0 Å². The molecule has 82 valence electrons. The summed E-state index contributed by atoms with van der Waals surface area (Å²) < 4.78 is 0. The van der Waals surface area contributed by atoms with E-state index in [-0.39, 0.29) is 24.2 Å². The second kappa shape index (κ2) is 3.17. The Balaban J connectivity index is 2.27. The summed E-state index contributed by atoms with van der Waals surface area (Å²) in [6.45, 7) is 2.05. The maximum Gasteiger partial charge on any atom is 0.235 e. The molecular formula is C13H13NO2. The van der Waals surface area contributed by atoms with E-state index in [1.165, 1.54) is 0 Å². The van der Waals surface area contributed by atoms with E-state index in [0.29, 0.717) is 0 Å². The maximum atomic E-state index is 11.9. The smallest absolute Gasteiger partial charge is 0.235 e. The van der Waals surface area contributed by atoms with Crippen LogP contribution < -0.4 is 4.90 Å². The predicted molar refractivity (Wildman–Crippen MR) is 60.7 cm³/mol. The normalized spacial score (nSPS) is 23.3. The number of Topliss-reactive ketones (excluding diaryl/α,β-unsaturated/α-hetero) is 1. The van der Waals surface area contributed by atoms with Gasteiger partial charge in [0.25, 0.3) is 0 Å². The molecule has 1 unspecified atom stereocenters. The Bertz CT molecular complexity index is 493. The standard InChI is InChI=1S/C13H13NO2/c1-8-5-6-9-3-2-4-10-11(15)7-12(16)14(8)13(9)10/h2-4,8H,5-7H2,1H3. The first-order chi connectivity index (χ1) is 7.68. The lowest BCUT2D eigenvalue weighted by molar-refractivity contribution is -0.118. The molecule has 3 heteroatoms. The van der Waals surface area contributed by atoms with Crippen molar-refractivity contribution in [2.24, 2.45) is 0 Å². The van der Waals surface area contributed by atoms with E-state index in [9.17, 15) is 9.59 Å². The fourth-order valence-electron chi connectivity index (χ4n) is 2.70. The van der Waals surface area contributed by atoms with Crippen molar-refractivity contribution >= 4 is 17.4 Å². The molecule has 0 N–H and O–H groups in total. The van der Waals surface area contributed by atoms with Crippen molar-refractivity contribution in [3.05, 3.63) is 29.3 Å². The number of anilines is 1. The molecule has 0 radical (unpaired) electrons. The molecule has 16 heavy (non-hydrogen) atoms. The summed E-state index contributed by atoms with van der Waals surface area (Å²) >= 11 is 0. The summed E-state index contributed by atoms with van der Waals surface area (Å²) in [7, 11) is 0. The molecule has 0 saturated heterocycles. The van der Waals surface area contributed by atoms with Gasteiger partial charge in [-0.05, 0) is 31.4 Å². The van der Waals surface area contributed by atoms with Gasteiger partial charge in [0.1, 0.15) is 0 Å². The Hall–Kier alpha value is -1.64. The third-order valence-corrected chi connectivity index (χ3v) is 3.51. The van der Waals surface area contributed by atoms with Crippen LogP contribution in [0.1, 0.15) is 35.7 Å². The van der Waals surface area contributed by atoms with Gasteiger partial charge >= 0.3 is 0 Å². The van der Waals surface area contributed by atoms with Crippen LogP contribution in [-0.2, 0) is 11.2 Å². The zero-order chi connectivity index (χ0) is 11.3. The van der Waals surface area contributed by atoms with Crippen LogP contribution in [0.4, 0.5) is 5.69 Å². The number of benzene rings is 1. The highest BCUT2D eigenvalue weighted by molar-refractivity contribution is 6.20. The number of carbonyl (C=O) groups excluding carboxylic acids is 2. The highest BCUT2D eigenvalue weighted by atomic mass is 16.2. The van der Waals surface area contributed by atoms with E-state index in [4.69, 9.17) is 0 Å². The molecule has 3 nitrogen and oxygen atoms in total. The average Bonchev–Trinajstić information content (AvgIpc) is 2.26. The van der Waals surface area contributed by atoms with Crippen molar-refractivity contribution in [3.63, 3.8) is 0 Å². The van der Waals surface area contributed by atoms with Gasteiger partial charge in [0.15, 0.2) is 5.78 Å². The molecule has 1 aromatic rings. The maximum absolute atomic E-state index is 11.9. The molecule has 2 aliphatic heterocycles. The van der Waals surface area contributed by atoms with Crippen LogP contribution in [0, 0.1) is 0 Å². The summed E-state index contributed by atoms with van der Waals surface area (Å²) in [4.78, 5) is 25.5. The van der Waals surface area contributed by atoms with E-state index >= 15 is 0 Å². The Morgan fingerprint density at radius 1 is 1.31 bits per heavy atom. The van der Waals surface area contributed by atoms with Crippen LogP contribution >= 0.6 is 0 Å². The third-order valence-electron chi connectivity index (χ3n) is 3.51. The summed E-state index contributed by atoms with van der Waals surface area (Å²) in [5.74, 6) is -0.0793. The van der Waals surface area contributed by atoms with Gasteiger partial charge in [-0.2, -0.15) is 0 Å². The van der Waals surface area contributed by atoms with Gasteiger partial charge in [-0.15, -0.1) is 0 Å². The van der Waals surface area contributed by atoms with E-state index in [0.717, 1.165) is 29.7 Å². The van der Waals surface area contributed by atoms with Crippen molar-refractivity contribution in [1.82, 2.24) is 0 Å². The van der Waals surface area contributed by atoms with Crippen molar-refractivity contribution in [1.29, 1.82) is 0 Å². The first kappa shape index (κ1) is 9.58. The van der Waals surface area contributed by atoms with Crippen LogP contribution in [-0.4, -0.2) is 17.7 Å². The quantitative estimate of drug-likeness (QED) is 0.620. The minimum atomic E-state index is -0.0443. The molecule has 0 saturated carbocycles. The number of hydrogen-bond acceptors (Lipinski definition) is 2. The van der Waals surface area contributed by atoms with Gasteiger partial charge in [-0.25, -0.2) is 0 Å². The van der Waals surface area contributed by atoms with Crippen molar-refractivity contribution in [2.75, 3.05) is 4.90 Å². The lowest BCUT2D eigenvalue weighted by Crippen LogP contribution is -2.46. The average molecular weight is 215 g/mol. The highest BCUT2D eigenvalue weighted by Gasteiger charge is 2.36. The second-order valence-corrected chi connectivity index (χ2v) is 4.56.